The molecule has 1 aliphatic rings. The van der Waals surface area contributed by atoms with Crippen LogP contribution in [-0.2, 0) is 10.0 Å². The van der Waals surface area contributed by atoms with Gasteiger partial charge in [0.05, 0.1) is 9.82 Å². The lowest BCUT2D eigenvalue weighted by Gasteiger charge is -2.34. The number of benzene rings is 1. The molecule has 0 radical (unpaired) electrons. The molecule has 8 heteroatoms. The Balaban J connectivity index is 2.02. The topological polar surface area (TPSA) is 83.8 Å². The van der Waals surface area contributed by atoms with Gasteiger partial charge < -0.3 is 4.90 Å². The fourth-order valence-corrected chi connectivity index (χ4v) is 4.74. The number of rotatable bonds is 8. The Bertz CT molecular complexity index is 698. The zero-order chi connectivity index (χ0) is 18.4. The van der Waals surface area contributed by atoms with Crippen molar-refractivity contribution in [2.75, 3.05) is 32.7 Å². The summed E-state index contributed by atoms with van der Waals surface area (Å²) in [7, 11) is -3.70. The third-order valence-electron chi connectivity index (χ3n) is 4.66. The summed E-state index contributed by atoms with van der Waals surface area (Å²) in [6, 6.07) is 4.00. The third kappa shape index (κ3) is 4.99. The summed E-state index contributed by atoms with van der Waals surface area (Å²) in [5.41, 5.74) is 0.339. The Kier molecular flexibility index (Phi) is 6.92. The van der Waals surface area contributed by atoms with Crippen molar-refractivity contribution in [3.8, 4) is 0 Å². The van der Waals surface area contributed by atoms with Gasteiger partial charge in [-0.2, -0.15) is 4.31 Å². The molecule has 7 nitrogen and oxygen atoms in total. The molecule has 1 aromatic rings. The summed E-state index contributed by atoms with van der Waals surface area (Å²) < 4.78 is 27.2. The quantitative estimate of drug-likeness (QED) is 0.400. The van der Waals surface area contributed by atoms with Gasteiger partial charge in [0.2, 0.25) is 10.0 Å². The first kappa shape index (κ1) is 19.8. The number of piperazine rings is 1. The molecule has 0 unspecified atom stereocenters. The van der Waals surface area contributed by atoms with E-state index >= 15 is 0 Å². The summed E-state index contributed by atoms with van der Waals surface area (Å²) in [4.78, 5) is 12.7. The fourth-order valence-electron chi connectivity index (χ4n) is 3.08. The summed E-state index contributed by atoms with van der Waals surface area (Å²) in [6.07, 6.45) is 4.79. The monoisotopic (exact) mass is 369 g/mol. The number of sulfonamides is 1. The first-order valence-electron chi connectivity index (χ1n) is 8.84. The van der Waals surface area contributed by atoms with Crippen LogP contribution in [-0.4, -0.2) is 55.3 Å². The minimum Gasteiger partial charge on any atom is -0.301 e. The van der Waals surface area contributed by atoms with E-state index in [9.17, 15) is 18.5 Å². The van der Waals surface area contributed by atoms with Gasteiger partial charge in [0.1, 0.15) is 0 Å². The average molecular weight is 369 g/mol. The minimum atomic E-state index is -3.70. The van der Waals surface area contributed by atoms with Crippen LogP contribution in [0, 0.1) is 17.0 Å². The van der Waals surface area contributed by atoms with Crippen molar-refractivity contribution >= 4 is 15.7 Å². The zero-order valence-electron chi connectivity index (χ0n) is 15.0. The van der Waals surface area contributed by atoms with Crippen molar-refractivity contribution in [1.29, 1.82) is 0 Å². The van der Waals surface area contributed by atoms with Crippen molar-refractivity contribution in [1.82, 2.24) is 9.21 Å². The van der Waals surface area contributed by atoms with E-state index in [0.717, 1.165) is 13.0 Å². The van der Waals surface area contributed by atoms with Crippen molar-refractivity contribution in [3.63, 3.8) is 0 Å². The molecule has 1 heterocycles. The molecule has 0 atom stereocenters. The van der Waals surface area contributed by atoms with Crippen LogP contribution in [0.4, 0.5) is 5.69 Å². The number of hydrogen-bond donors (Lipinski definition) is 0. The Hall–Kier alpha value is -1.51. The second kappa shape index (κ2) is 8.73. The highest BCUT2D eigenvalue weighted by Gasteiger charge is 2.30. The predicted molar refractivity (Wildman–Crippen MR) is 97.2 cm³/mol. The minimum absolute atomic E-state index is 0.0399. The maximum atomic E-state index is 12.9. The highest BCUT2D eigenvalue weighted by molar-refractivity contribution is 7.89. The molecule has 140 valence electrons. The van der Waals surface area contributed by atoms with E-state index in [-0.39, 0.29) is 10.6 Å². The van der Waals surface area contributed by atoms with E-state index in [1.165, 1.54) is 41.8 Å². The Labute approximate surface area is 149 Å². The molecule has 0 N–H and O–H groups in total. The predicted octanol–water partition coefficient (Wildman–Crippen LogP) is 2.79. The zero-order valence-corrected chi connectivity index (χ0v) is 15.8. The Morgan fingerprint density at radius 1 is 1.12 bits per heavy atom. The average Bonchev–Trinajstić information content (AvgIpc) is 2.59. The first-order valence-corrected chi connectivity index (χ1v) is 10.3. The molecule has 1 saturated heterocycles. The van der Waals surface area contributed by atoms with Crippen LogP contribution in [0.25, 0.3) is 0 Å². The van der Waals surface area contributed by atoms with Crippen molar-refractivity contribution in [3.05, 3.63) is 33.9 Å². The van der Waals surface area contributed by atoms with Gasteiger partial charge in [-0.05, 0) is 25.5 Å². The molecule has 0 bridgehead atoms. The van der Waals surface area contributed by atoms with Crippen LogP contribution in [0.1, 0.15) is 38.2 Å². The number of nitrogens with zero attached hydrogens (tertiary/aromatic N) is 3. The first-order chi connectivity index (χ1) is 11.9. The lowest BCUT2D eigenvalue weighted by molar-refractivity contribution is -0.385. The number of nitro groups is 1. The summed E-state index contributed by atoms with van der Waals surface area (Å²) in [6.45, 7) is 7.12. The third-order valence-corrected chi connectivity index (χ3v) is 6.70. The second-order valence-corrected chi connectivity index (χ2v) is 8.42. The molecule has 0 spiro atoms. The van der Waals surface area contributed by atoms with Crippen LogP contribution in [0.3, 0.4) is 0 Å². The Morgan fingerprint density at radius 3 is 2.40 bits per heavy atom. The van der Waals surface area contributed by atoms with Gasteiger partial charge in [0.25, 0.3) is 5.69 Å². The van der Waals surface area contributed by atoms with Crippen molar-refractivity contribution < 1.29 is 13.3 Å². The molecule has 1 aliphatic heterocycles. The van der Waals surface area contributed by atoms with E-state index in [1.807, 2.05) is 0 Å². The van der Waals surface area contributed by atoms with Crippen LogP contribution < -0.4 is 0 Å². The van der Waals surface area contributed by atoms with Gasteiger partial charge in [-0.3, -0.25) is 10.1 Å². The van der Waals surface area contributed by atoms with E-state index in [1.54, 1.807) is 6.92 Å². The normalized spacial score (nSPS) is 16.9. The molecule has 0 aliphatic carbocycles. The van der Waals surface area contributed by atoms with Crippen LogP contribution in [0.15, 0.2) is 23.1 Å². The summed E-state index contributed by atoms with van der Waals surface area (Å²) in [5, 5.41) is 10.9. The van der Waals surface area contributed by atoms with Gasteiger partial charge in [-0.15, -0.1) is 0 Å². The SMILES string of the molecule is CCCCCCN1CCN(S(=O)(=O)c2cc([N+](=O)[O-])ccc2C)CC1. The van der Waals surface area contributed by atoms with Gasteiger partial charge in [-0.1, -0.05) is 32.3 Å². The molecule has 25 heavy (non-hydrogen) atoms. The van der Waals surface area contributed by atoms with Gasteiger partial charge in [-0.25, -0.2) is 8.42 Å². The van der Waals surface area contributed by atoms with Gasteiger partial charge >= 0.3 is 0 Å². The van der Waals surface area contributed by atoms with Crippen molar-refractivity contribution in [2.45, 2.75) is 44.4 Å². The fraction of sp³-hybridized carbons (Fsp3) is 0.647. The maximum Gasteiger partial charge on any atom is 0.270 e. The standard InChI is InChI=1S/C17H27N3O4S/c1-3-4-5-6-9-18-10-12-19(13-11-18)25(23,24)17-14-16(20(21)22)8-7-15(17)2/h7-8,14H,3-6,9-13H2,1-2H3. The summed E-state index contributed by atoms with van der Waals surface area (Å²) in [5.74, 6) is 0. The Morgan fingerprint density at radius 2 is 1.80 bits per heavy atom. The largest absolute Gasteiger partial charge is 0.301 e. The maximum absolute atomic E-state index is 12.9. The summed E-state index contributed by atoms with van der Waals surface area (Å²) >= 11 is 0. The van der Waals surface area contributed by atoms with Gasteiger partial charge in [0, 0.05) is 38.3 Å². The van der Waals surface area contributed by atoms with Gasteiger partial charge in [0.15, 0.2) is 0 Å². The highest BCUT2D eigenvalue weighted by Crippen LogP contribution is 2.25. The molecule has 0 aromatic heterocycles. The highest BCUT2D eigenvalue weighted by atomic mass is 32.2. The van der Waals surface area contributed by atoms with Crippen LogP contribution in [0.2, 0.25) is 0 Å². The number of nitro benzene ring substituents is 1. The van der Waals surface area contributed by atoms with Crippen LogP contribution >= 0.6 is 0 Å². The second-order valence-electron chi connectivity index (χ2n) is 6.51. The number of non-ortho nitro benzene ring substituents is 1. The van der Waals surface area contributed by atoms with Crippen molar-refractivity contribution in [2.24, 2.45) is 0 Å². The van der Waals surface area contributed by atoms with E-state index < -0.39 is 14.9 Å². The molecular formula is C17H27N3O4S. The molecule has 1 aromatic carbocycles. The number of aryl methyl sites for hydroxylation is 1. The lowest BCUT2D eigenvalue weighted by Crippen LogP contribution is -2.48. The molecule has 0 saturated carbocycles. The van der Waals surface area contributed by atoms with E-state index in [4.69, 9.17) is 0 Å². The number of hydrogen-bond acceptors (Lipinski definition) is 5. The number of unbranched alkanes of at least 4 members (excludes halogenated alkanes) is 3. The molecular weight excluding hydrogens is 342 g/mol. The molecule has 2 rings (SSSR count). The molecule has 0 amide bonds. The smallest absolute Gasteiger partial charge is 0.270 e. The lowest BCUT2D eigenvalue weighted by atomic mass is 10.2. The van der Waals surface area contributed by atoms with Crippen LogP contribution in [0.5, 0.6) is 0 Å². The molecule has 1 fully saturated rings. The van der Waals surface area contributed by atoms with E-state index in [2.05, 4.69) is 11.8 Å². The van der Waals surface area contributed by atoms with E-state index in [0.29, 0.717) is 31.7 Å².